The summed E-state index contributed by atoms with van der Waals surface area (Å²) in [4.78, 5) is 2.35. The van der Waals surface area contributed by atoms with E-state index in [2.05, 4.69) is 229 Å². The Morgan fingerprint density at radius 3 is 0.925 bits per heavy atom. The van der Waals surface area contributed by atoms with Gasteiger partial charge < -0.3 is 4.90 Å². The zero-order chi connectivity index (χ0) is 35.4. The lowest BCUT2D eigenvalue weighted by molar-refractivity contribution is 1.28. The Bertz CT molecular complexity index is 2610. The average molecular weight is 676 g/mol. The molecule has 0 aliphatic rings. The third-order valence-electron chi connectivity index (χ3n) is 10.1. The Hall–Kier alpha value is -6.96. The summed E-state index contributed by atoms with van der Waals surface area (Å²) in [5.41, 5.74) is 15.4. The maximum absolute atomic E-state index is 2.35. The third kappa shape index (κ3) is 6.77. The van der Waals surface area contributed by atoms with Gasteiger partial charge in [-0.25, -0.2) is 0 Å². The van der Waals surface area contributed by atoms with Crippen LogP contribution in [0.3, 0.4) is 0 Å². The molecule has 0 fully saturated rings. The van der Waals surface area contributed by atoms with Crippen LogP contribution < -0.4 is 4.90 Å². The van der Waals surface area contributed by atoms with Crippen LogP contribution in [0.15, 0.2) is 224 Å². The van der Waals surface area contributed by atoms with Crippen LogP contribution in [0.1, 0.15) is 0 Å². The van der Waals surface area contributed by atoms with Crippen molar-refractivity contribution in [3.63, 3.8) is 0 Å². The number of rotatable bonds is 8. The molecule has 0 saturated heterocycles. The number of nitrogens with zero attached hydrogens (tertiary/aromatic N) is 1. The van der Waals surface area contributed by atoms with E-state index in [1.165, 1.54) is 66.4 Å². The van der Waals surface area contributed by atoms with Gasteiger partial charge in [0.15, 0.2) is 0 Å². The molecule has 0 atom stereocenters. The minimum absolute atomic E-state index is 1.10. The van der Waals surface area contributed by atoms with Crippen LogP contribution in [0.2, 0.25) is 0 Å². The highest BCUT2D eigenvalue weighted by molar-refractivity contribution is 5.91. The standard InChI is InChI=1S/C52H37N/c1-4-11-38(12-5-1)41-19-21-43(22-20-41)45-17-10-18-52(37-45)53(50-31-27-42(28-32-50)39-13-6-2-7-14-39)51-33-29-44(30-34-51)47-24-26-48-35-46(23-25-49(48)36-47)40-15-8-3-9-16-40/h1-37H. The van der Waals surface area contributed by atoms with Crippen molar-refractivity contribution in [3.8, 4) is 55.6 Å². The SMILES string of the molecule is c1ccc(-c2ccc(-c3cccc(N(c4ccc(-c5ccccc5)cc4)c4ccc(-c5ccc6cc(-c7ccccc7)ccc6c5)cc4)c3)cc2)cc1. The van der Waals surface area contributed by atoms with E-state index in [0.717, 1.165) is 17.1 Å². The summed E-state index contributed by atoms with van der Waals surface area (Å²) < 4.78 is 0. The first-order valence-corrected chi connectivity index (χ1v) is 18.2. The number of fused-ring (bicyclic) bond motifs is 1. The molecule has 0 amide bonds. The van der Waals surface area contributed by atoms with Gasteiger partial charge in [0.25, 0.3) is 0 Å². The first-order chi connectivity index (χ1) is 26.2. The van der Waals surface area contributed by atoms with Crippen LogP contribution >= 0.6 is 0 Å². The Balaban J connectivity index is 1.06. The van der Waals surface area contributed by atoms with Gasteiger partial charge in [0.1, 0.15) is 0 Å². The summed E-state index contributed by atoms with van der Waals surface area (Å²) in [6.07, 6.45) is 0. The molecule has 0 N–H and O–H groups in total. The largest absolute Gasteiger partial charge is 0.310 e. The Morgan fingerprint density at radius 2 is 0.491 bits per heavy atom. The van der Waals surface area contributed by atoms with E-state index in [-0.39, 0.29) is 0 Å². The smallest absolute Gasteiger partial charge is 0.0467 e. The predicted molar refractivity (Wildman–Crippen MR) is 226 cm³/mol. The molecule has 0 saturated carbocycles. The van der Waals surface area contributed by atoms with Crippen LogP contribution in [0.25, 0.3) is 66.4 Å². The molecular formula is C52H37N. The fourth-order valence-corrected chi connectivity index (χ4v) is 7.23. The van der Waals surface area contributed by atoms with Crippen molar-refractivity contribution < 1.29 is 0 Å². The Morgan fingerprint density at radius 1 is 0.189 bits per heavy atom. The van der Waals surface area contributed by atoms with Crippen molar-refractivity contribution in [1.29, 1.82) is 0 Å². The molecule has 9 aromatic carbocycles. The second-order valence-corrected chi connectivity index (χ2v) is 13.4. The fourth-order valence-electron chi connectivity index (χ4n) is 7.23. The van der Waals surface area contributed by atoms with E-state index in [4.69, 9.17) is 0 Å². The molecule has 0 aliphatic heterocycles. The summed E-state index contributed by atoms with van der Waals surface area (Å²) in [6.45, 7) is 0. The first kappa shape index (κ1) is 32.0. The van der Waals surface area contributed by atoms with Crippen molar-refractivity contribution in [2.75, 3.05) is 4.90 Å². The predicted octanol–water partition coefficient (Wildman–Crippen LogP) is 14.6. The molecule has 250 valence electrons. The van der Waals surface area contributed by atoms with Crippen LogP contribution in [0.4, 0.5) is 17.1 Å². The van der Waals surface area contributed by atoms with Crippen molar-refractivity contribution in [3.05, 3.63) is 224 Å². The number of benzene rings is 9. The van der Waals surface area contributed by atoms with Crippen LogP contribution in [0, 0.1) is 0 Å². The Labute approximate surface area is 311 Å². The van der Waals surface area contributed by atoms with E-state index in [1.807, 2.05) is 0 Å². The zero-order valence-corrected chi connectivity index (χ0v) is 29.3. The molecule has 0 unspecified atom stereocenters. The Kier molecular flexibility index (Phi) is 8.66. The molecule has 9 aromatic rings. The number of hydrogen-bond donors (Lipinski definition) is 0. The lowest BCUT2D eigenvalue weighted by Crippen LogP contribution is -2.10. The molecule has 0 spiro atoms. The number of hydrogen-bond acceptors (Lipinski definition) is 1. The quantitative estimate of drug-likeness (QED) is 0.155. The van der Waals surface area contributed by atoms with Crippen molar-refractivity contribution in [2.45, 2.75) is 0 Å². The van der Waals surface area contributed by atoms with Gasteiger partial charge in [-0.15, -0.1) is 0 Å². The molecular weight excluding hydrogens is 639 g/mol. The van der Waals surface area contributed by atoms with Crippen LogP contribution in [-0.2, 0) is 0 Å². The molecule has 0 radical (unpaired) electrons. The van der Waals surface area contributed by atoms with Gasteiger partial charge in [-0.1, -0.05) is 176 Å². The van der Waals surface area contributed by atoms with Crippen molar-refractivity contribution >= 4 is 27.8 Å². The molecule has 0 heterocycles. The molecule has 0 aliphatic carbocycles. The summed E-state index contributed by atoms with van der Waals surface area (Å²) in [6, 6.07) is 80.8. The highest BCUT2D eigenvalue weighted by Crippen LogP contribution is 2.39. The maximum Gasteiger partial charge on any atom is 0.0467 e. The van der Waals surface area contributed by atoms with Gasteiger partial charge in [-0.3, -0.25) is 0 Å². The van der Waals surface area contributed by atoms with Gasteiger partial charge in [0, 0.05) is 17.1 Å². The van der Waals surface area contributed by atoms with Crippen LogP contribution in [0.5, 0.6) is 0 Å². The van der Waals surface area contributed by atoms with Gasteiger partial charge in [0.2, 0.25) is 0 Å². The van der Waals surface area contributed by atoms with E-state index in [1.54, 1.807) is 0 Å². The molecule has 9 rings (SSSR count). The molecule has 0 bridgehead atoms. The summed E-state index contributed by atoms with van der Waals surface area (Å²) >= 11 is 0. The topological polar surface area (TPSA) is 3.24 Å². The molecule has 53 heavy (non-hydrogen) atoms. The van der Waals surface area contributed by atoms with E-state index in [0.29, 0.717) is 0 Å². The minimum Gasteiger partial charge on any atom is -0.310 e. The maximum atomic E-state index is 2.35. The van der Waals surface area contributed by atoms with E-state index < -0.39 is 0 Å². The van der Waals surface area contributed by atoms with Gasteiger partial charge >= 0.3 is 0 Å². The van der Waals surface area contributed by atoms with E-state index in [9.17, 15) is 0 Å². The first-order valence-electron chi connectivity index (χ1n) is 18.2. The van der Waals surface area contributed by atoms with Crippen molar-refractivity contribution in [1.82, 2.24) is 0 Å². The minimum atomic E-state index is 1.10. The highest BCUT2D eigenvalue weighted by Gasteiger charge is 2.15. The van der Waals surface area contributed by atoms with Crippen molar-refractivity contribution in [2.24, 2.45) is 0 Å². The lowest BCUT2D eigenvalue weighted by Gasteiger charge is -2.26. The van der Waals surface area contributed by atoms with Gasteiger partial charge in [0.05, 0.1) is 0 Å². The highest BCUT2D eigenvalue weighted by atomic mass is 15.1. The monoisotopic (exact) mass is 675 g/mol. The van der Waals surface area contributed by atoms with Crippen LogP contribution in [-0.4, -0.2) is 0 Å². The average Bonchev–Trinajstić information content (AvgIpc) is 3.25. The third-order valence-corrected chi connectivity index (χ3v) is 10.1. The summed E-state index contributed by atoms with van der Waals surface area (Å²) in [5.74, 6) is 0. The fraction of sp³-hybridized carbons (Fsp3) is 0. The lowest BCUT2D eigenvalue weighted by atomic mass is 9.97. The zero-order valence-electron chi connectivity index (χ0n) is 29.3. The van der Waals surface area contributed by atoms with Gasteiger partial charge in [-0.05, 0) is 115 Å². The van der Waals surface area contributed by atoms with E-state index >= 15 is 0 Å². The number of anilines is 3. The normalized spacial score (nSPS) is 11.0. The van der Waals surface area contributed by atoms with Gasteiger partial charge in [-0.2, -0.15) is 0 Å². The second-order valence-electron chi connectivity index (χ2n) is 13.4. The summed E-state index contributed by atoms with van der Waals surface area (Å²) in [7, 11) is 0. The molecule has 0 aromatic heterocycles. The summed E-state index contributed by atoms with van der Waals surface area (Å²) in [5, 5.41) is 2.48. The second kappa shape index (κ2) is 14.3. The molecule has 1 nitrogen and oxygen atoms in total. The molecule has 1 heteroatoms.